The summed E-state index contributed by atoms with van der Waals surface area (Å²) in [6.07, 6.45) is 2.95. The Hall–Kier alpha value is -2.21. The van der Waals surface area contributed by atoms with E-state index < -0.39 is 49.9 Å². The molecule has 1 aliphatic heterocycles. The molecule has 0 radical (unpaired) electrons. The van der Waals surface area contributed by atoms with Crippen molar-refractivity contribution in [1.29, 1.82) is 0 Å². The Morgan fingerprint density at radius 2 is 1.71 bits per heavy atom. The van der Waals surface area contributed by atoms with Gasteiger partial charge in [-0.15, -0.1) is 0 Å². The number of nitrogens with zero attached hydrogens (tertiary/aromatic N) is 2. The van der Waals surface area contributed by atoms with E-state index >= 15 is 0 Å². The van der Waals surface area contributed by atoms with Crippen molar-refractivity contribution in [1.82, 2.24) is 14.5 Å². The first-order chi connectivity index (χ1) is 17.5. The normalized spacial score (nSPS) is 19.4. The van der Waals surface area contributed by atoms with Crippen molar-refractivity contribution in [3.05, 3.63) is 0 Å². The van der Waals surface area contributed by atoms with Crippen molar-refractivity contribution in [2.75, 3.05) is 26.2 Å². The first-order valence-corrected chi connectivity index (χ1v) is 15.2. The monoisotopic (exact) mass is 558 g/mol. The van der Waals surface area contributed by atoms with Gasteiger partial charge < -0.3 is 15.4 Å². The third-order valence-corrected chi connectivity index (χ3v) is 9.58. The van der Waals surface area contributed by atoms with E-state index in [-0.39, 0.29) is 31.5 Å². The Balaban J connectivity index is 2.00. The van der Waals surface area contributed by atoms with E-state index in [4.69, 9.17) is 10.5 Å². The number of imide groups is 1. The topological polar surface area (TPSA) is 156 Å². The van der Waals surface area contributed by atoms with Gasteiger partial charge in [0.15, 0.2) is 0 Å². The van der Waals surface area contributed by atoms with Crippen LogP contribution in [0, 0.1) is 17.3 Å². The van der Waals surface area contributed by atoms with Gasteiger partial charge in [-0.25, -0.2) is 17.9 Å². The number of likely N-dealkylation sites (tertiary alicyclic amines) is 1. The molecule has 218 valence electrons. The van der Waals surface area contributed by atoms with Crippen LogP contribution in [0.5, 0.6) is 0 Å². The van der Waals surface area contributed by atoms with E-state index in [0.29, 0.717) is 51.6 Å². The molecular weight excluding hydrogens is 512 g/mol. The lowest BCUT2D eigenvalue weighted by Gasteiger charge is -2.34. The molecule has 2 aliphatic rings. The SMILES string of the molecule is CC[C@H](C)S(=O)(=O)NCC[C@@H](C)C(=O)N(CCC1CCN(C(=O)OC(C)(C)C)CC1)C(=O)C1(C(N)=O)CC1. The second-order valence-corrected chi connectivity index (χ2v) is 14.0. The highest BCUT2D eigenvalue weighted by atomic mass is 32.2. The Kier molecular flexibility index (Phi) is 10.7. The van der Waals surface area contributed by atoms with Crippen molar-refractivity contribution >= 4 is 33.8 Å². The molecule has 0 bridgehead atoms. The summed E-state index contributed by atoms with van der Waals surface area (Å²) in [5.74, 6) is -2.15. The van der Waals surface area contributed by atoms with Crippen LogP contribution in [0.15, 0.2) is 0 Å². The summed E-state index contributed by atoms with van der Waals surface area (Å²) < 4.78 is 32.5. The molecule has 0 unspecified atom stereocenters. The fourth-order valence-corrected chi connectivity index (χ4v) is 5.60. The molecule has 38 heavy (non-hydrogen) atoms. The van der Waals surface area contributed by atoms with E-state index in [1.807, 2.05) is 20.8 Å². The molecule has 0 aromatic heterocycles. The molecule has 11 nitrogen and oxygen atoms in total. The minimum atomic E-state index is -3.48. The van der Waals surface area contributed by atoms with Crippen LogP contribution in [0.4, 0.5) is 4.79 Å². The van der Waals surface area contributed by atoms with E-state index in [0.717, 1.165) is 4.90 Å². The number of piperidine rings is 1. The van der Waals surface area contributed by atoms with Crippen molar-refractivity contribution < 1.29 is 32.3 Å². The van der Waals surface area contributed by atoms with Crippen molar-refractivity contribution in [3.63, 3.8) is 0 Å². The van der Waals surface area contributed by atoms with E-state index in [1.165, 1.54) is 0 Å². The first-order valence-electron chi connectivity index (χ1n) is 13.7. The van der Waals surface area contributed by atoms with Crippen LogP contribution in [0.3, 0.4) is 0 Å². The second kappa shape index (κ2) is 12.8. The number of nitrogens with one attached hydrogen (secondary N) is 1. The number of hydrogen-bond acceptors (Lipinski definition) is 7. The number of hydrogen-bond donors (Lipinski definition) is 2. The third-order valence-electron chi connectivity index (χ3n) is 7.58. The number of carbonyl (C=O) groups is 4. The van der Waals surface area contributed by atoms with Crippen LogP contribution in [0.2, 0.25) is 0 Å². The zero-order chi connectivity index (χ0) is 28.9. The van der Waals surface area contributed by atoms with E-state index in [9.17, 15) is 27.6 Å². The van der Waals surface area contributed by atoms with Crippen LogP contribution in [-0.4, -0.2) is 79.1 Å². The van der Waals surface area contributed by atoms with Crippen LogP contribution >= 0.6 is 0 Å². The molecule has 1 saturated carbocycles. The highest BCUT2D eigenvalue weighted by Gasteiger charge is 2.58. The predicted octanol–water partition coefficient (Wildman–Crippen LogP) is 2.39. The van der Waals surface area contributed by atoms with Gasteiger partial charge in [0.1, 0.15) is 11.0 Å². The van der Waals surface area contributed by atoms with Gasteiger partial charge in [0.25, 0.3) is 0 Å². The lowest BCUT2D eigenvalue weighted by Crippen LogP contribution is -2.49. The quantitative estimate of drug-likeness (QED) is 0.348. The second-order valence-electron chi connectivity index (χ2n) is 11.8. The van der Waals surface area contributed by atoms with Crippen LogP contribution in [0.25, 0.3) is 0 Å². The van der Waals surface area contributed by atoms with Crippen LogP contribution in [-0.2, 0) is 29.1 Å². The fraction of sp³-hybridized carbons (Fsp3) is 0.846. The molecule has 0 aromatic rings. The van der Waals surface area contributed by atoms with Gasteiger partial charge in [-0.05, 0) is 78.6 Å². The predicted molar refractivity (Wildman–Crippen MR) is 143 cm³/mol. The molecular formula is C26H46N4O7S. The summed E-state index contributed by atoms with van der Waals surface area (Å²) >= 11 is 0. The minimum Gasteiger partial charge on any atom is -0.444 e. The van der Waals surface area contributed by atoms with Crippen molar-refractivity contribution in [2.24, 2.45) is 23.0 Å². The molecule has 2 rings (SSSR count). The van der Waals surface area contributed by atoms with Crippen LogP contribution < -0.4 is 10.5 Å². The summed E-state index contributed by atoms with van der Waals surface area (Å²) in [7, 11) is -3.48. The molecule has 0 aromatic carbocycles. The summed E-state index contributed by atoms with van der Waals surface area (Å²) in [5.41, 5.74) is 3.62. The number of amides is 4. The van der Waals surface area contributed by atoms with Gasteiger partial charge in [-0.2, -0.15) is 0 Å². The lowest BCUT2D eigenvalue weighted by atomic mass is 9.92. The Morgan fingerprint density at radius 1 is 1.13 bits per heavy atom. The highest BCUT2D eigenvalue weighted by molar-refractivity contribution is 7.90. The van der Waals surface area contributed by atoms with Crippen LogP contribution in [0.1, 0.15) is 86.5 Å². The molecule has 1 heterocycles. The first kappa shape index (κ1) is 32.0. The Bertz CT molecular complexity index is 980. The minimum absolute atomic E-state index is 0.0751. The van der Waals surface area contributed by atoms with Crippen molar-refractivity contribution in [2.45, 2.75) is 97.3 Å². The fourth-order valence-electron chi connectivity index (χ4n) is 4.47. The van der Waals surface area contributed by atoms with Gasteiger partial charge in [-0.1, -0.05) is 13.8 Å². The average Bonchev–Trinajstić information content (AvgIpc) is 3.64. The maximum atomic E-state index is 13.4. The van der Waals surface area contributed by atoms with Gasteiger partial charge >= 0.3 is 6.09 Å². The molecule has 2 atom stereocenters. The van der Waals surface area contributed by atoms with E-state index in [1.54, 1.807) is 25.7 Å². The third kappa shape index (κ3) is 8.39. The number of ether oxygens (including phenoxy) is 1. The summed E-state index contributed by atoms with van der Waals surface area (Å²) in [5, 5.41) is -0.543. The molecule has 1 saturated heterocycles. The number of rotatable bonds is 12. The summed E-state index contributed by atoms with van der Waals surface area (Å²) in [6.45, 7) is 11.8. The number of carbonyl (C=O) groups excluding carboxylic acids is 4. The van der Waals surface area contributed by atoms with Gasteiger partial charge in [0, 0.05) is 32.1 Å². The van der Waals surface area contributed by atoms with E-state index in [2.05, 4.69) is 4.72 Å². The largest absolute Gasteiger partial charge is 0.444 e. The Morgan fingerprint density at radius 3 is 2.18 bits per heavy atom. The maximum Gasteiger partial charge on any atom is 0.410 e. The summed E-state index contributed by atoms with van der Waals surface area (Å²) in [4.78, 5) is 53.9. The average molecular weight is 559 g/mol. The molecule has 4 amide bonds. The summed E-state index contributed by atoms with van der Waals surface area (Å²) in [6, 6.07) is 0. The molecule has 1 aliphatic carbocycles. The zero-order valence-corrected chi connectivity index (χ0v) is 24.6. The molecule has 3 N–H and O–H groups in total. The van der Waals surface area contributed by atoms with Crippen molar-refractivity contribution in [3.8, 4) is 0 Å². The number of primary amides is 1. The number of nitrogens with two attached hydrogens (primary N) is 1. The highest BCUT2D eigenvalue weighted by Crippen LogP contribution is 2.47. The molecule has 12 heteroatoms. The lowest BCUT2D eigenvalue weighted by molar-refractivity contribution is -0.152. The smallest absolute Gasteiger partial charge is 0.410 e. The van der Waals surface area contributed by atoms with Gasteiger partial charge in [0.2, 0.25) is 27.7 Å². The van der Waals surface area contributed by atoms with Gasteiger partial charge in [0.05, 0.1) is 5.25 Å². The molecule has 2 fully saturated rings. The standard InChI is InChI=1S/C26H46N4O7S/c1-7-19(3)38(35,36)28-14-8-18(2)21(31)30(23(33)26(12-13-26)22(27)32)17-11-20-9-15-29(16-10-20)24(34)37-25(4,5)6/h18-20,28H,7-17H2,1-6H3,(H2,27,32)/t18-,19+/m1/s1. The Labute approximate surface area is 227 Å². The number of sulfonamides is 1. The molecule has 0 spiro atoms. The van der Waals surface area contributed by atoms with Gasteiger partial charge in [-0.3, -0.25) is 19.3 Å². The maximum absolute atomic E-state index is 13.4. The zero-order valence-electron chi connectivity index (χ0n) is 23.7.